The third-order valence-electron chi connectivity index (χ3n) is 2.24. The van der Waals surface area contributed by atoms with Crippen LogP contribution in [0.3, 0.4) is 0 Å². The first-order valence-corrected chi connectivity index (χ1v) is 5.86. The minimum absolute atomic E-state index is 0.172. The molecule has 0 saturated heterocycles. The van der Waals surface area contributed by atoms with Gasteiger partial charge in [0.25, 0.3) is 5.91 Å². The molecule has 0 radical (unpaired) electrons. The van der Waals surface area contributed by atoms with Crippen LogP contribution in [0, 0.1) is 11.6 Å². The van der Waals surface area contributed by atoms with Gasteiger partial charge in [0.15, 0.2) is 11.6 Å². The van der Waals surface area contributed by atoms with Crippen LogP contribution < -0.4 is 5.32 Å². The number of esters is 1. The number of nitrogens with one attached hydrogen (secondary N) is 1. The van der Waals surface area contributed by atoms with E-state index in [-0.39, 0.29) is 17.2 Å². The molecule has 0 aliphatic carbocycles. The van der Waals surface area contributed by atoms with E-state index in [4.69, 9.17) is 16.3 Å². The Balaban J connectivity index is 2.84. The van der Waals surface area contributed by atoms with Gasteiger partial charge in [-0.3, -0.25) is 4.79 Å². The van der Waals surface area contributed by atoms with E-state index in [1.54, 1.807) is 6.92 Å². The van der Waals surface area contributed by atoms with Gasteiger partial charge in [-0.15, -0.1) is 0 Å². The molecule has 1 amide bonds. The lowest BCUT2D eigenvalue weighted by molar-refractivity contribution is -0.144. The summed E-state index contributed by atoms with van der Waals surface area (Å²) in [7, 11) is 0. The summed E-state index contributed by atoms with van der Waals surface area (Å²) in [5, 5.41) is 2.04. The Morgan fingerprint density at radius 3 is 2.53 bits per heavy atom. The number of ether oxygens (including phenoxy) is 1. The van der Waals surface area contributed by atoms with Gasteiger partial charge in [0.2, 0.25) is 0 Å². The molecule has 7 heteroatoms. The lowest BCUT2D eigenvalue weighted by atomic mass is 10.2. The molecule has 1 unspecified atom stereocenters. The van der Waals surface area contributed by atoms with E-state index in [2.05, 4.69) is 5.32 Å². The van der Waals surface area contributed by atoms with Gasteiger partial charge in [-0.2, -0.15) is 0 Å². The van der Waals surface area contributed by atoms with Crippen molar-refractivity contribution in [2.75, 3.05) is 6.61 Å². The second-order valence-electron chi connectivity index (χ2n) is 3.69. The second kappa shape index (κ2) is 6.47. The highest BCUT2D eigenvalue weighted by Crippen LogP contribution is 2.20. The molecule has 1 atom stereocenters. The molecule has 1 N–H and O–H groups in total. The summed E-state index contributed by atoms with van der Waals surface area (Å²) in [6, 6.07) is 0.447. The lowest BCUT2D eigenvalue weighted by Gasteiger charge is -2.13. The van der Waals surface area contributed by atoms with Gasteiger partial charge in [-0.05, 0) is 26.0 Å². The molecule has 0 spiro atoms. The maximum atomic E-state index is 13.0. The van der Waals surface area contributed by atoms with E-state index in [9.17, 15) is 18.4 Å². The van der Waals surface area contributed by atoms with Gasteiger partial charge >= 0.3 is 5.97 Å². The standard InChI is InChI=1S/C12H12ClF2NO3/c1-3-19-12(18)6(2)16-11(17)7-4-9(14)10(15)5-8(7)13/h4-6H,3H2,1-2H3,(H,16,17). The number of hydrogen-bond acceptors (Lipinski definition) is 3. The fraction of sp³-hybridized carbons (Fsp3) is 0.333. The summed E-state index contributed by atoms with van der Waals surface area (Å²) >= 11 is 5.64. The minimum Gasteiger partial charge on any atom is -0.464 e. The van der Waals surface area contributed by atoms with Crippen molar-refractivity contribution < 1.29 is 23.1 Å². The minimum atomic E-state index is -1.20. The monoisotopic (exact) mass is 291 g/mol. The highest BCUT2D eigenvalue weighted by Gasteiger charge is 2.20. The molecule has 0 bridgehead atoms. The van der Waals surface area contributed by atoms with E-state index in [0.717, 1.165) is 0 Å². The van der Waals surface area contributed by atoms with E-state index in [1.165, 1.54) is 6.92 Å². The zero-order valence-electron chi connectivity index (χ0n) is 10.3. The van der Waals surface area contributed by atoms with Crippen molar-refractivity contribution in [3.05, 3.63) is 34.4 Å². The number of halogens is 3. The average Bonchev–Trinajstić information content (AvgIpc) is 2.33. The third-order valence-corrected chi connectivity index (χ3v) is 2.56. The molecule has 0 fully saturated rings. The Hall–Kier alpha value is -1.69. The smallest absolute Gasteiger partial charge is 0.328 e. The first-order valence-electron chi connectivity index (χ1n) is 5.48. The van der Waals surface area contributed by atoms with Crippen molar-refractivity contribution >= 4 is 23.5 Å². The van der Waals surface area contributed by atoms with Crippen LogP contribution in [0.25, 0.3) is 0 Å². The third kappa shape index (κ3) is 3.89. The van der Waals surface area contributed by atoms with Crippen molar-refractivity contribution in [2.24, 2.45) is 0 Å². The van der Waals surface area contributed by atoms with E-state index >= 15 is 0 Å². The summed E-state index contributed by atoms with van der Waals surface area (Å²) in [5.74, 6) is -3.77. The maximum Gasteiger partial charge on any atom is 0.328 e. The number of amides is 1. The predicted octanol–water partition coefficient (Wildman–Crippen LogP) is 2.30. The summed E-state index contributed by atoms with van der Waals surface area (Å²) in [4.78, 5) is 23.1. The molecule has 0 aliphatic rings. The van der Waals surface area contributed by atoms with Crippen LogP contribution in [-0.2, 0) is 9.53 Å². The summed E-state index contributed by atoms with van der Waals surface area (Å²) in [5.41, 5.74) is -0.253. The Labute approximate surface area is 113 Å². The largest absolute Gasteiger partial charge is 0.464 e. The van der Waals surface area contributed by atoms with Crippen molar-refractivity contribution in [2.45, 2.75) is 19.9 Å². The topological polar surface area (TPSA) is 55.4 Å². The zero-order valence-corrected chi connectivity index (χ0v) is 11.1. The van der Waals surface area contributed by atoms with Crippen LogP contribution in [-0.4, -0.2) is 24.5 Å². The first-order chi connectivity index (χ1) is 8.86. The molecule has 0 saturated carbocycles. The molecule has 19 heavy (non-hydrogen) atoms. The first kappa shape index (κ1) is 15.4. The molecular formula is C12H12ClF2NO3. The van der Waals surface area contributed by atoms with Crippen molar-refractivity contribution in [1.29, 1.82) is 0 Å². The SMILES string of the molecule is CCOC(=O)C(C)NC(=O)c1cc(F)c(F)cc1Cl. The second-order valence-corrected chi connectivity index (χ2v) is 4.10. The van der Waals surface area contributed by atoms with Crippen molar-refractivity contribution in [3.63, 3.8) is 0 Å². The van der Waals surface area contributed by atoms with Gasteiger partial charge in [-0.25, -0.2) is 13.6 Å². The lowest BCUT2D eigenvalue weighted by Crippen LogP contribution is -2.39. The van der Waals surface area contributed by atoms with Crippen LogP contribution in [0.1, 0.15) is 24.2 Å². The predicted molar refractivity (Wildman–Crippen MR) is 64.9 cm³/mol. The number of hydrogen-bond donors (Lipinski definition) is 1. The number of benzene rings is 1. The van der Waals surface area contributed by atoms with Crippen LogP contribution in [0.15, 0.2) is 12.1 Å². The molecule has 4 nitrogen and oxygen atoms in total. The quantitative estimate of drug-likeness (QED) is 0.684. The Bertz CT molecular complexity index is 508. The highest BCUT2D eigenvalue weighted by atomic mass is 35.5. The van der Waals surface area contributed by atoms with E-state index in [0.29, 0.717) is 12.1 Å². The Morgan fingerprint density at radius 1 is 1.37 bits per heavy atom. The molecule has 0 aromatic heterocycles. The summed E-state index contributed by atoms with van der Waals surface area (Å²) in [6.07, 6.45) is 0. The van der Waals surface area contributed by atoms with Crippen LogP contribution in [0.5, 0.6) is 0 Å². The molecule has 0 heterocycles. The summed E-state index contributed by atoms with van der Waals surface area (Å²) in [6.45, 7) is 3.20. The fourth-order valence-electron chi connectivity index (χ4n) is 1.30. The average molecular weight is 292 g/mol. The fourth-order valence-corrected chi connectivity index (χ4v) is 1.53. The molecule has 1 aromatic carbocycles. The van der Waals surface area contributed by atoms with Gasteiger partial charge in [-0.1, -0.05) is 11.6 Å². The van der Waals surface area contributed by atoms with Crippen LogP contribution in [0.4, 0.5) is 8.78 Å². The Kier molecular flexibility index (Phi) is 5.23. The zero-order chi connectivity index (χ0) is 14.6. The van der Waals surface area contributed by atoms with Crippen molar-refractivity contribution in [3.8, 4) is 0 Å². The number of carbonyl (C=O) groups is 2. The number of rotatable bonds is 4. The molecule has 0 aliphatic heterocycles. The summed E-state index contributed by atoms with van der Waals surface area (Å²) < 4.78 is 30.6. The van der Waals surface area contributed by atoms with Crippen LogP contribution >= 0.6 is 11.6 Å². The van der Waals surface area contributed by atoms with Crippen molar-refractivity contribution in [1.82, 2.24) is 5.32 Å². The molecular weight excluding hydrogens is 280 g/mol. The van der Waals surface area contributed by atoms with E-state index in [1.807, 2.05) is 0 Å². The Morgan fingerprint density at radius 2 is 1.95 bits per heavy atom. The number of carbonyl (C=O) groups excluding carboxylic acids is 2. The molecule has 104 valence electrons. The van der Waals surface area contributed by atoms with E-state index < -0.39 is 29.6 Å². The van der Waals surface area contributed by atoms with Crippen LogP contribution in [0.2, 0.25) is 5.02 Å². The van der Waals surface area contributed by atoms with Gasteiger partial charge in [0, 0.05) is 0 Å². The molecule has 1 rings (SSSR count). The maximum absolute atomic E-state index is 13.0. The van der Waals surface area contributed by atoms with Gasteiger partial charge in [0.1, 0.15) is 6.04 Å². The normalized spacial score (nSPS) is 11.8. The van der Waals surface area contributed by atoms with Gasteiger partial charge in [0.05, 0.1) is 17.2 Å². The van der Waals surface area contributed by atoms with Gasteiger partial charge < -0.3 is 10.1 Å². The highest BCUT2D eigenvalue weighted by molar-refractivity contribution is 6.33. The molecule has 1 aromatic rings.